The lowest BCUT2D eigenvalue weighted by Gasteiger charge is -2.15. The van der Waals surface area contributed by atoms with Crippen LogP contribution in [0.15, 0.2) is 23.1 Å². The molecule has 1 unspecified atom stereocenters. The molecule has 0 spiro atoms. The summed E-state index contributed by atoms with van der Waals surface area (Å²) in [6.07, 6.45) is 0.301. The standard InChI is InChI=1S/C13H17F2NO4S/c1-8(2)5-9(13(17)18)7-16-21(19,20)10-3-4-11(14)12(15)6-10/h3-4,6,8-9,16H,5,7H2,1-2H3,(H,17,18). The summed E-state index contributed by atoms with van der Waals surface area (Å²) >= 11 is 0. The van der Waals surface area contributed by atoms with E-state index in [4.69, 9.17) is 5.11 Å². The molecule has 5 nitrogen and oxygen atoms in total. The lowest BCUT2D eigenvalue weighted by atomic mass is 9.98. The molecule has 0 saturated carbocycles. The summed E-state index contributed by atoms with van der Waals surface area (Å²) < 4.78 is 51.8. The van der Waals surface area contributed by atoms with Crippen LogP contribution in [0.3, 0.4) is 0 Å². The third-order valence-corrected chi connectivity index (χ3v) is 4.25. The number of aliphatic carboxylic acids is 1. The summed E-state index contributed by atoms with van der Waals surface area (Å²) in [5.74, 6) is -4.35. The molecular formula is C13H17F2NO4S. The lowest BCUT2D eigenvalue weighted by molar-refractivity contribution is -0.142. The Hall–Kier alpha value is -1.54. The summed E-state index contributed by atoms with van der Waals surface area (Å²) in [6, 6.07) is 2.17. The number of benzene rings is 1. The van der Waals surface area contributed by atoms with Crippen LogP contribution < -0.4 is 4.72 Å². The summed E-state index contributed by atoms with van der Waals surface area (Å²) in [5, 5.41) is 9.03. The van der Waals surface area contributed by atoms with Crippen LogP contribution in [0.1, 0.15) is 20.3 Å². The monoisotopic (exact) mass is 321 g/mol. The van der Waals surface area contributed by atoms with Gasteiger partial charge in [0.05, 0.1) is 10.8 Å². The average Bonchev–Trinajstić information content (AvgIpc) is 2.37. The van der Waals surface area contributed by atoms with Gasteiger partial charge in [0.15, 0.2) is 11.6 Å². The number of carboxylic acids is 1. The van der Waals surface area contributed by atoms with E-state index < -0.39 is 38.4 Å². The normalized spacial score (nSPS) is 13.4. The SMILES string of the molecule is CC(C)CC(CNS(=O)(=O)c1ccc(F)c(F)c1)C(=O)O. The van der Waals surface area contributed by atoms with E-state index in [2.05, 4.69) is 4.72 Å². The first-order valence-corrected chi connectivity index (χ1v) is 7.79. The highest BCUT2D eigenvalue weighted by molar-refractivity contribution is 7.89. The van der Waals surface area contributed by atoms with Crippen molar-refractivity contribution < 1.29 is 27.1 Å². The third-order valence-electron chi connectivity index (χ3n) is 2.83. The largest absolute Gasteiger partial charge is 0.481 e. The highest BCUT2D eigenvalue weighted by Crippen LogP contribution is 2.15. The van der Waals surface area contributed by atoms with Gasteiger partial charge < -0.3 is 5.11 Å². The van der Waals surface area contributed by atoms with Crippen molar-refractivity contribution in [2.24, 2.45) is 11.8 Å². The van der Waals surface area contributed by atoms with Crippen LogP contribution >= 0.6 is 0 Å². The van der Waals surface area contributed by atoms with E-state index in [0.717, 1.165) is 6.07 Å². The highest BCUT2D eigenvalue weighted by atomic mass is 32.2. The fourth-order valence-corrected chi connectivity index (χ4v) is 2.87. The van der Waals surface area contributed by atoms with E-state index in [0.29, 0.717) is 18.6 Å². The van der Waals surface area contributed by atoms with Gasteiger partial charge in [0.1, 0.15) is 0 Å². The molecule has 0 bridgehead atoms. The predicted molar refractivity (Wildman–Crippen MR) is 72.1 cm³/mol. The molecule has 1 rings (SSSR count). The van der Waals surface area contributed by atoms with E-state index in [1.165, 1.54) is 0 Å². The number of rotatable bonds is 7. The molecule has 2 N–H and O–H groups in total. The Balaban J connectivity index is 2.84. The van der Waals surface area contributed by atoms with Gasteiger partial charge in [0.2, 0.25) is 10.0 Å². The number of hydrogen-bond acceptors (Lipinski definition) is 3. The maximum atomic E-state index is 13.0. The molecule has 0 saturated heterocycles. The number of halogens is 2. The topological polar surface area (TPSA) is 83.5 Å². The molecule has 1 aromatic rings. The average molecular weight is 321 g/mol. The van der Waals surface area contributed by atoms with Gasteiger partial charge >= 0.3 is 5.97 Å². The minimum atomic E-state index is -4.08. The molecule has 1 aromatic carbocycles. The van der Waals surface area contributed by atoms with Gasteiger partial charge in [-0.1, -0.05) is 13.8 Å². The van der Waals surface area contributed by atoms with Gasteiger partial charge in [-0.3, -0.25) is 4.79 Å². The maximum absolute atomic E-state index is 13.0. The Labute approximate surface area is 122 Å². The molecule has 1 atom stereocenters. The quantitative estimate of drug-likeness (QED) is 0.804. The van der Waals surface area contributed by atoms with E-state index in [1.807, 2.05) is 13.8 Å². The van der Waals surface area contributed by atoms with Crippen molar-refractivity contribution in [1.82, 2.24) is 4.72 Å². The van der Waals surface area contributed by atoms with Crippen molar-refractivity contribution in [2.75, 3.05) is 6.54 Å². The van der Waals surface area contributed by atoms with Crippen molar-refractivity contribution in [2.45, 2.75) is 25.2 Å². The zero-order valence-electron chi connectivity index (χ0n) is 11.6. The van der Waals surface area contributed by atoms with Crippen LogP contribution in [0.2, 0.25) is 0 Å². The Morgan fingerprint density at radius 3 is 2.38 bits per heavy atom. The van der Waals surface area contributed by atoms with Gasteiger partial charge in [-0.2, -0.15) is 0 Å². The second-order valence-electron chi connectivity index (χ2n) is 5.09. The van der Waals surface area contributed by atoms with Crippen molar-refractivity contribution in [3.8, 4) is 0 Å². The van der Waals surface area contributed by atoms with Crippen LogP contribution in [0.5, 0.6) is 0 Å². The van der Waals surface area contributed by atoms with Gasteiger partial charge in [-0.25, -0.2) is 21.9 Å². The summed E-state index contributed by atoms with van der Waals surface area (Å²) in [7, 11) is -4.08. The van der Waals surface area contributed by atoms with Gasteiger partial charge in [0, 0.05) is 6.54 Å². The number of carboxylic acid groups (broad SMARTS) is 1. The van der Waals surface area contributed by atoms with E-state index >= 15 is 0 Å². The molecule has 0 heterocycles. The molecule has 8 heteroatoms. The summed E-state index contributed by atoms with van der Waals surface area (Å²) in [4.78, 5) is 10.6. The second kappa shape index (κ2) is 6.95. The van der Waals surface area contributed by atoms with Crippen molar-refractivity contribution in [3.63, 3.8) is 0 Å². The Morgan fingerprint density at radius 1 is 1.29 bits per heavy atom. The summed E-state index contributed by atoms with van der Waals surface area (Å²) in [5.41, 5.74) is 0. The Bertz CT molecular complexity index is 617. The van der Waals surface area contributed by atoms with Crippen LogP contribution in [-0.4, -0.2) is 26.0 Å². The molecule has 21 heavy (non-hydrogen) atoms. The van der Waals surface area contributed by atoms with E-state index in [9.17, 15) is 22.0 Å². The zero-order chi connectivity index (χ0) is 16.2. The van der Waals surface area contributed by atoms with E-state index in [1.54, 1.807) is 0 Å². The predicted octanol–water partition coefficient (Wildman–Crippen LogP) is 1.99. The maximum Gasteiger partial charge on any atom is 0.307 e. The minimum Gasteiger partial charge on any atom is -0.481 e. The zero-order valence-corrected chi connectivity index (χ0v) is 12.5. The first kappa shape index (κ1) is 17.5. The molecule has 0 radical (unpaired) electrons. The first-order chi connectivity index (χ1) is 9.63. The number of carbonyl (C=O) groups is 1. The third kappa shape index (κ3) is 5.05. The highest BCUT2D eigenvalue weighted by Gasteiger charge is 2.23. The Morgan fingerprint density at radius 2 is 1.90 bits per heavy atom. The minimum absolute atomic E-state index is 0.0823. The van der Waals surface area contributed by atoms with Gasteiger partial charge in [-0.05, 0) is 30.5 Å². The molecule has 0 fully saturated rings. The second-order valence-corrected chi connectivity index (χ2v) is 6.86. The molecule has 0 aromatic heterocycles. The number of sulfonamides is 1. The number of hydrogen-bond donors (Lipinski definition) is 2. The molecule has 0 amide bonds. The first-order valence-electron chi connectivity index (χ1n) is 6.31. The fraction of sp³-hybridized carbons (Fsp3) is 0.462. The van der Waals surface area contributed by atoms with Crippen LogP contribution in [0, 0.1) is 23.5 Å². The van der Waals surface area contributed by atoms with Crippen LogP contribution in [-0.2, 0) is 14.8 Å². The molecule has 0 aliphatic carbocycles. The van der Waals surface area contributed by atoms with Gasteiger partial charge in [0.25, 0.3) is 0 Å². The fourth-order valence-electron chi connectivity index (χ4n) is 1.78. The molecule has 0 aliphatic heterocycles. The summed E-state index contributed by atoms with van der Waals surface area (Å²) in [6.45, 7) is 3.33. The molecule has 118 valence electrons. The van der Waals surface area contributed by atoms with Crippen LogP contribution in [0.25, 0.3) is 0 Å². The van der Waals surface area contributed by atoms with Gasteiger partial charge in [-0.15, -0.1) is 0 Å². The van der Waals surface area contributed by atoms with E-state index in [-0.39, 0.29) is 12.5 Å². The molecule has 0 aliphatic rings. The van der Waals surface area contributed by atoms with Crippen LogP contribution in [0.4, 0.5) is 8.78 Å². The van der Waals surface area contributed by atoms with Crippen molar-refractivity contribution in [1.29, 1.82) is 0 Å². The van der Waals surface area contributed by atoms with Crippen molar-refractivity contribution in [3.05, 3.63) is 29.8 Å². The number of nitrogens with one attached hydrogen (secondary N) is 1. The lowest BCUT2D eigenvalue weighted by Crippen LogP contribution is -2.33. The smallest absolute Gasteiger partial charge is 0.307 e. The molecular weight excluding hydrogens is 304 g/mol. The Kier molecular flexibility index (Phi) is 5.79. The van der Waals surface area contributed by atoms with Crippen molar-refractivity contribution >= 4 is 16.0 Å².